The third-order valence-electron chi connectivity index (χ3n) is 3.02. The van der Waals surface area contributed by atoms with Crippen LogP contribution in [0.1, 0.15) is 27.7 Å². The highest BCUT2D eigenvalue weighted by Gasteiger charge is 2.36. The molecule has 17 heavy (non-hydrogen) atoms. The minimum absolute atomic E-state index is 0.0410. The number of carbonyl (C=O) groups is 2. The topological polar surface area (TPSA) is 40.6 Å². The van der Waals surface area contributed by atoms with E-state index < -0.39 is 0 Å². The van der Waals surface area contributed by atoms with Gasteiger partial charge in [-0.1, -0.05) is 13.8 Å². The van der Waals surface area contributed by atoms with Crippen molar-refractivity contribution in [3.63, 3.8) is 0 Å². The Hall–Kier alpha value is -0.710. The van der Waals surface area contributed by atoms with Crippen LogP contribution < -0.4 is 0 Å². The molecule has 0 saturated carbocycles. The first-order valence-corrected chi connectivity index (χ1v) is 7.35. The smallest absolute Gasteiger partial charge is 0.246 e. The molecule has 0 aromatic heterocycles. The standard InChI is InChI=1S/C12H22N2O2S/c1-5-13(6-2)12(16)10-7-17-8-14(10)11(15)9(3)4/h9-10H,5-8H2,1-4H3. The van der Waals surface area contributed by atoms with Crippen molar-refractivity contribution in [1.82, 2.24) is 9.80 Å². The highest BCUT2D eigenvalue weighted by atomic mass is 32.2. The maximum absolute atomic E-state index is 12.3. The van der Waals surface area contributed by atoms with Crippen molar-refractivity contribution in [3.8, 4) is 0 Å². The minimum atomic E-state index is -0.255. The van der Waals surface area contributed by atoms with Crippen LogP contribution in [0.15, 0.2) is 0 Å². The molecule has 1 saturated heterocycles. The van der Waals surface area contributed by atoms with Crippen LogP contribution in [-0.2, 0) is 9.59 Å². The Bertz CT molecular complexity index is 290. The molecule has 98 valence electrons. The molecule has 1 rings (SSSR count). The van der Waals surface area contributed by atoms with Crippen LogP contribution in [0.4, 0.5) is 0 Å². The summed E-state index contributed by atoms with van der Waals surface area (Å²) in [4.78, 5) is 27.8. The fourth-order valence-electron chi connectivity index (χ4n) is 1.94. The number of rotatable bonds is 4. The average molecular weight is 258 g/mol. The second kappa shape index (κ2) is 6.28. The molecule has 5 heteroatoms. The zero-order valence-electron chi connectivity index (χ0n) is 11.1. The van der Waals surface area contributed by atoms with Crippen molar-refractivity contribution >= 4 is 23.6 Å². The van der Waals surface area contributed by atoms with Crippen LogP contribution in [0.5, 0.6) is 0 Å². The Morgan fingerprint density at radius 1 is 1.35 bits per heavy atom. The lowest BCUT2D eigenvalue weighted by atomic mass is 10.1. The number of nitrogens with zero attached hydrogens (tertiary/aromatic N) is 2. The van der Waals surface area contributed by atoms with Gasteiger partial charge in [-0.05, 0) is 13.8 Å². The molecule has 0 spiro atoms. The van der Waals surface area contributed by atoms with Gasteiger partial charge in [-0.25, -0.2) is 0 Å². The zero-order chi connectivity index (χ0) is 13.0. The number of amides is 2. The van der Waals surface area contributed by atoms with Crippen molar-refractivity contribution in [2.75, 3.05) is 24.7 Å². The summed E-state index contributed by atoms with van der Waals surface area (Å²) in [5.41, 5.74) is 0. The van der Waals surface area contributed by atoms with E-state index >= 15 is 0 Å². The van der Waals surface area contributed by atoms with E-state index in [1.807, 2.05) is 27.7 Å². The van der Waals surface area contributed by atoms with Crippen molar-refractivity contribution in [2.24, 2.45) is 5.92 Å². The van der Waals surface area contributed by atoms with E-state index in [1.54, 1.807) is 21.6 Å². The summed E-state index contributed by atoms with van der Waals surface area (Å²) in [7, 11) is 0. The molecule has 1 aliphatic rings. The van der Waals surface area contributed by atoms with Gasteiger partial charge in [0.15, 0.2) is 0 Å². The highest BCUT2D eigenvalue weighted by Crippen LogP contribution is 2.24. The third kappa shape index (κ3) is 3.15. The summed E-state index contributed by atoms with van der Waals surface area (Å²) in [6.45, 7) is 9.12. The molecular formula is C12H22N2O2S. The number of likely N-dealkylation sites (N-methyl/N-ethyl adjacent to an activating group) is 1. The Kier molecular flexibility index (Phi) is 5.31. The van der Waals surface area contributed by atoms with Crippen LogP contribution >= 0.6 is 11.8 Å². The monoisotopic (exact) mass is 258 g/mol. The van der Waals surface area contributed by atoms with E-state index in [0.29, 0.717) is 19.0 Å². The summed E-state index contributed by atoms with van der Waals surface area (Å²) in [6, 6.07) is -0.255. The SMILES string of the molecule is CCN(CC)C(=O)C1CSCN1C(=O)C(C)C. The van der Waals surface area contributed by atoms with Crippen LogP contribution in [0.3, 0.4) is 0 Å². The molecule has 4 nitrogen and oxygen atoms in total. The average Bonchev–Trinajstić information content (AvgIpc) is 2.77. The Morgan fingerprint density at radius 2 is 1.94 bits per heavy atom. The van der Waals surface area contributed by atoms with Gasteiger partial charge in [0.1, 0.15) is 6.04 Å². The van der Waals surface area contributed by atoms with Gasteiger partial charge in [-0.15, -0.1) is 11.8 Å². The van der Waals surface area contributed by atoms with E-state index in [2.05, 4.69) is 0 Å². The van der Waals surface area contributed by atoms with Crippen LogP contribution in [0.2, 0.25) is 0 Å². The van der Waals surface area contributed by atoms with Crippen LogP contribution in [0.25, 0.3) is 0 Å². The number of carbonyl (C=O) groups excluding carboxylic acids is 2. The van der Waals surface area contributed by atoms with Gasteiger partial charge in [-0.2, -0.15) is 0 Å². The van der Waals surface area contributed by atoms with Crippen molar-refractivity contribution in [2.45, 2.75) is 33.7 Å². The second-order valence-corrected chi connectivity index (χ2v) is 5.49. The van der Waals surface area contributed by atoms with Gasteiger partial charge in [0.25, 0.3) is 0 Å². The van der Waals surface area contributed by atoms with Gasteiger partial charge in [-0.3, -0.25) is 9.59 Å². The zero-order valence-corrected chi connectivity index (χ0v) is 11.9. The van der Waals surface area contributed by atoms with Gasteiger partial charge in [0.2, 0.25) is 11.8 Å². The molecule has 1 aliphatic heterocycles. The molecule has 1 atom stereocenters. The first kappa shape index (κ1) is 14.4. The maximum atomic E-state index is 12.3. The van der Waals surface area contributed by atoms with E-state index in [4.69, 9.17) is 0 Å². The van der Waals surface area contributed by atoms with Crippen LogP contribution in [-0.4, -0.2) is 52.4 Å². The summed E-state index contributed by atoms with van der Waals surface area (Å²) < 4.78 is 0. The van der Waals surface area contributed by atoms with E-state index in [0.717, 1.165) is 5.75 Å². The molecule has 0 aliphatic carbocycles. The Balaban J connectivity index is 2.75. The van der Waals surface area contributed by atoms with Crippen LogP contribution in [0, 0.1) is 5.92 Å². The fourth-order valence-corrected chi connectivity index (χ4v) is 3.10. The van der Waals surface area contributed by atoms with Gasteiger partial charge >= 0.3 is 0 Å². The summed E-state index contributed by atoms with van der Waals surface area (Å²) in [6.07, 6.45) is 0. The third-order valence-corrected chi connectivity index (χ3v) is 4.03. The lowest BCUT2D eigenvalue weighted by Crippen LogP contribution is -2.49. The van der Waals surface area contributed by atoms with Crippen molar-refractivity contribution < 1.29 is 9.59 Å². The molecular weight excluding hydrogens is 236 g/mol. The molecule has 0 bridgehead atoms. The summed E-state index contributed by atoms with van der Waals surface area (Å²) in [5, 5.41) is 0. The second-order valence-electron chi connectivity index (χ2n) is 4.49. The predicted octanol–water partition coefficient (Wildman–Crippen LogP) is 1.41. The van der Waals surface area contributed by atoms with E-state index in [-0.39, 0.29) is 23.8 Å². The molecule has 0 radical (unpaired) electrons. The highest BCUT2D eigenvalue weighted by molar-refractivity contribution is 7.99. The Morgan fingerprint density at radius 3 is 2.41 bits per heavy atom. The predicted molar refractivity (Wildman–Crippen MR) is 70.7 cm³/mol. The lowest BCUT2D eigenvalue weighted by Gasteiger charge is -2.29. The first-order chi connectivity index (χ1) is 8.02. The molecule has 1 fully saturated rings. The number of hydrogen-bond acceptors (Lipinski definition) is 3. The van der Waals surface area contributed by atoms with Crippen molar-refractivity contribution in [3.05, 3.63) is 0 Å². The quantitative estimate of drug-likeness (QED) is 0.765. The van der Waals surface area contributed by atoms with Gasteiger partial charge in [0.05, 0.1) is 5.88 Å². The molecule has 2 amide bonds. The molecule has 0 N–H and O–H groups in total. The van der Waals surface area contributed by atoms with Crippen molar-refractivity contribution in [1.29, 1.82) is 0 Å². The number of hydrogen-bond donors (Lipinski definition) is 0. The van der Waals surface area contributed by atoms with E-state index in [9.17, 15) is 9.59 Å². The van der Waals surface area contributed by atoms with Gasteiger partial charge in [0, 0.05) is 24.8 Å². The molecule has 0 aromatic carbocycles. The number of thioether (sulfide) groups is 1. The Labute approximate surface area is 108 Å². The lowest BCUT2D eigenvalue weighted by molar-refractivity contribution is -0.144. The fraction of sp³-hybridized carbons (Fsp3) is 0.833. The first-order valence-electron chi connectivity index (χ1n) is 6.19. The minimum Gasteiger partial charge on any atom is -0.341 e. The van der Waals surface area contributed by atoms with Gasteiger partial charge < -0.3 is 9.80 Å². The summed E-state index contributed by atoms with van der Waals surface area (Å²) >= 11 is 1.66. The molecule has 1 heterocycles. The summed E-state index contributed by atoms with van der Waals surface area (Å²) in [5.74, 6) is 1.51. The largest absolute Gasteiger partial charge is 0.341 e. The van der Waals surface area contributed by atoms with E-state index in [1.165, 1.54) is 0 Å². The normalized spacial score (nSPS) is 19.8. The molecule has 0 aromatic rings. The maximum Gasteiger partial charge on any atom is 0.246 e. The molecule has 1 unspecified atom stereocenters.